The van der Waals surface area contributed by atoms with E-state index in [4.69, 9.17) is 0 Å². The predicted molar refractivity (Wildman–Crippen MR) is 138 cm³/mol. The number of amides is 3. The Labute approximate surface area is 208 Å². The smallest absolute Gasteiger partial charge is 0.248 e. The average molecular weight is 496 g/mol. The van der Waals surface area contributed by atoms with Crippen LogP contribution in [0.2, 0.25) is 0 Å². The third-order valence-electron chi connectivity index (χ3n) is 5.91. The van der Waals surface area contributed by atoms with Gasteiger partial charge in [-0.05, 0) is 60.0 Å². The highest BCUT2D eigenvalue weighted by atomic mass is 32.1. The maximum absolute atomic E-state index is 13.7. The number of nitrogens with one attached hydrogen (secondary N) is 2. The van der Waals surface area contributed by atoms with E-state index in [0.717, 1.165) is 35.4 Å². The quantitative estimate of drug-likeness (QED) is 0.431. The standard InChI is InChI=1S/C26H29N3O3S2/c1-18(30)27-20-11-13-21(14-12-20)29(24(31)17-22-9-5-15-33-22)25(23-10-6-16-34-23)26(32)28-19-7-3-2-4-8-19/h5-6,9-16,19,25H,2-4,7-8,17H2,1H3,(H,27,30)(H,28,32)/t25-/m1/s1. The van der Waals surface area contributed by atoms with Gasteiger partial charge in [0.2, 0.25) is 17.7 Å². The number of hydrogen-bond acceptors (Lipinski definition) is 5. The van der Waals surface area contributed by atoms with Crippen LogP contribution in [0.1, 0.15) is 54.8 Å². The van der Waals surface area contributed by atoms with Crippen LogP contribution in [0.4, 0.5) is 11.4 Å². The number of nitrogens with zero attached hydrogens (tertiary/aromatic N) is 1. The summed E-state index contributed by atoms with van der Waals surface area (Å²) < 4.78 is 0. The summed E-state index contributed by atoms with van der Waals surface area (Å²) in [4.78, 5) is 42.2. The second kappa shape index (κ2) is 11.4. The van der Waals surface area contributed by atoms with Crippen molar-refractivity contribution < 1.29 is 14.4 Å². The minimum absolute atomic E-state index is 0.139. The van der Waals surface area contributed by atoms with Crippen LogP contribution in [0, 0.1) is 0 Å². The normalized spacial score (nSPS) is 14.9. The summed E-state index contributed by atoms with van der Waals surface area (Å²) in [5, 5.41) is 9.86. The molecule has 2 heterocycles. The molecule has 8 heteroatoms. The first-order valence-electron chi connectivity index (χ1n) is 11.6. The van der Waals surface area contributed by atoms with Crippen LogP contribution < -0.4 is 15.5 Å². The fourth-order valence-electron chi connectivity index (χ4n) is 4.34. The summed E-state index contributed by atoms with van der Waals surface area (Å²) in [7, 11) is 0. The zero-order valence-corrected chi connectivity index (χ0v) is 20.8. The van der Waals surface area contributed by atoms with Crippen LogP contribution in [-0.4, -0.2) is 23.8 Å². The summed E-state index contributed by atoms with van der Waals surface area (Å²) in [5.41, 5.74) is 1.26. The van der Waals surface area contributed by atoms with E-state index in [1.165, 1.54) is 36.0 Å². The van der Waals surface area contributed by atoms with Gasteiger partial charge >= 0.3 is 0 Å². The minimum Gasteiger partial charge on any atom is -0.351 e. The summed E-state index contributed by atoms with van der Waals surface area (Å²) in [6.45, 7) is 1.45. The van der Waals surface area contributed by atoms with Crippen molar-refractivity contribution in [1.82, 2.24) is 5.32 Å². The van der Waals surface area contributed by atoms with Gasteiger partial charge in [0.15, 0.2) is 0 Å². The van der Waals surface area contributed by atoms with Gasteiger partial charge in [-0.2, -0.15) is 0 Å². The van der Waals surface area contributed by atoms with E-state index < -0.39 is 6.04 Å². The number of benzene rings is 1. The first-order valence-corrected chi connectivity index (χ1v) is 13.3. The van der Waals surface area contributed by atoms with E-state index in [1.54, 1.807) is 29.2 Å². The SMILES string of the molecule is CC(=O)Nc1ccc(N(C(=O)Cc2cccs2)[C@@H](C(=O)NC2CCCCC2)c2cccs2)cc1. The highest BCUT2D eigenvalue weighted by Gasteiger charge is 2.34. The van der Waals surface area contributed by atoms with Gasteiger partial charge in [-0.25, -0.2) is 0 Å². The van der Waals surface area contributed by atoms with Gasteiger partial charge in [-0.3, -0.25) is 19.3 Å². The third kappa shape index (κ3) is 6.12. The Hall–Kier alpha value is -2.97. The van der Waals surface area contributed by atoms with E-state index in [2.05, 4.69) is 10.6 Å². The third-order valence-corrected chi connectivity index (χ3v) is 7.71. The van der Waals surface area contributed by atoms with Crippen LogP contribution in [0.5, 0.6) is 0 Å². The second-order valence-corrected chi connectivity index (χ2v) is 10.5. The minimum atomic E-state index is -0.763. The molecule has 3 amide bonds. The lowest BCUT2D eigenvalue weighted by Gasteiger charge is -2.33. The topological polar surface area (TPSA) is 78.5 Å². The molecule has 1 aliphatic carbocycles. The maximum atomic E-state index is 13.7. The van der Waals surface area contributed by atoms with Crippen LogP contribution in [-0.2, 0) is 20.8 Å². The van der Waals surface area contributed by atoms with Gasteiger partial charge in [0.1, 0.15) is 6.04 Å². The van der Waals surface area contributed by atoms with Crippen molar-refractivity contribution in [2.45, 2.75) is 57.5 Å². The van der Waals surface area contributed by atoms with Gasteiger partial charge < -0.3 is 10.6 Å². The van der Waals surface area contributed by atoms with Crippen molar-refractivity contribution in [3.8, 4) is 0 Å². The molecule has 0 radical (unpaired) electrons. The van der Waals surface area contributed by atoms with Gasteiger partial charge in [0.05, 0.1) is 6.42 Å². The van der Waals surface area contributed by atoms with Gasteiger partial charge in [-0.15, -0.1) is 22.7 Å². The zero-order valence-electron chi connectivity index (χ0n) is 19.2. The fourth-order valence-corrected chi connectivity index (χ4v) is 5.85. The van der Waals surface area contributed by atoms with Crippen LogP contribution in [0.25, 0.3) is 0 Å². The Morgan fingerprint density at radius 3 is 2.29 bits per heavy atom. The zero-order chi connectivity index (χ0) is 23.9. The highest BCUT2D eigenvalue weighted by Crippen LogP contribution is 2.33. The fraction of sp³-hybridized carbons (Fsp3) is 0.346. The van der Waals surface area contributed by atoms with Gasteiger partial charge in [0.25, 0.3) is 0 Å². The first kappa shape index (κ1) is 24.2. The lowest BCUT2D eigenvalue weighted by molar-refractivity contribution is -0.127. The molecule has 0 aliphatic heterocycles. The molecule has 34 heavy (non-hydrogen) atoms. The first-order chi connectivity index (χ1) is 16.5. The molecule has 0 unspecified atom stereocenters. The number of carbonyl (C=O) groups excluding carboxylic acids is 3. The van der Waals surface area contributed by atoms with Crippen LogP contribution >= 0.6 is 22.7 Å². The van der Waals surface area contributed by atoms with Crippen molar-refractivity contribution in [2.24, 2.45) is 0 Å². The summed E-state index contributed by atoms with van der Waals surface area (Å²) in [6.07, 6.45) is 5.58. The lowest BCUT2D eigenvalue weighted by atomic mass is 9.95. The highest BCUT2D eigenvalue weighted by molar-refractivity contribution is 7.10. The maximum Gasteiger partial charge on any atom is 0.248 e. The van der Waals surface area contributed by atoms with Crippen LogP contribution in [0.3, 0.4) is 0 Å². The predicted octanol–water partition coefficient (Wildman–Crippen LogP) is 5.53. The van der Waals surface area contributed by atoms with E-state index in [9.17, 15) is 14.4 Å². The molecular formula is C26H29N3O3S2. The molecule has 1 aliphatic rings. The number of thiophene rings is 2. The number of anilines is 2. The summed E-state index contributed by atoms with van der Waals surface area (Å²) in [6, 6.07) is 14.1. The van der Waals surface area contributed by atoms with E-state index in [-0.39, 0.29) is 30.2 Å². The molecule has 6 nitrogen and oxygen atoms in total. The molecular weight excluding hydrogens is 466 g/mol. The molecule has 1 aromatic carbocycles. The number of hydrogen-bond donors (Lipinski definition) is 2. The molecule has 1 fully saturated rings. The molecule has 0 bridgehead atoms. The van der Waals surface area contributed by atoms with Crippen LogP contribution in [0.15, 0.2) is 59.3 Å². The molecule has 3 aromatic rings. The molecule has 1 atom stereocenters. The molecule has 1 saturated carbocycles. The van der Waals surface area contributed by atoms with Crippen molar-refractivity contribution in [3.63, 3.8) is 0 Å². The molecule has 4 rings (SSSR count). The Morgan fingerprint density at radius 2 is 1.68 bits per heavy atom. The molecule has 0 spiro atoms. The van der Waals surface area contributed by atoms with E-state index >= 15 is 0 Å². The van der Waals surface area contributed by atoms with Crippen molar-refractivity contribution in [3.05, 3.63) is 69.0 Å². The van der Waals surface area contributed by atoms with E-state index in [1.807, 2.05) is 35.0 Å². The van der Waals surface area contributed by atoms with Crippen molar-refractivity contribution >= 4 is 51.8 Å². The Morgan fingerprint density at radius 1 is 0.971 bits per heavy atom. The molecule has 2 N–H and O–H groups in total. The van der Waals surface area contributed by atoms with E-state index in [0.29, 0.717) is 11.4 Å². The Bertz CT molecular complexity index is 1090. The van der Waals surface area contributed by atoms with Gasteiger partial charge in [-0.1, -0.05) is 31.4 Å². The monoisotopic (exact) mass is 495 g/mol. The summed E-state index contributed by atoms with van der Waals surface area (Å²) >= 11 is 3.00. The second-order valence-electron chi connectivity index (χ2n) is 8.51. The lowest BCUT2D eigenvalue weighted by Crippen LogP contribution is -2.47. The Balaban J connectivity index is 1.68. The van der Waals surface area contributed by atoms with Crippen molar-refractivity contribution in [2.75, 3.05) is 10.2 Å². The average Bonchev–Trinajstić information content (AvgIpc) is 3.53. The van der Waals surface area contributed by atoms with Gasteiger partial charge in [0, 0.05) is 34.1 Å². The number of rotatable bonds is 8. The summed E-state index contributed by atoms with van der Waals surface area (Å²) in [5.74, 6) is -0.464. The molecule has 178 valence electrons. The van der Waals surface area contributed by atoms with Crippen molar-refractivity contribution in [1.29, 1.82) is 0 Å². The largest absolute Gasteiger partial charge is 0.351 e. The number of carbonyl (C=O) groups is 3. The Kier molecular flexibility index (Phi) is 8.13. The molecule has 0 saturated heterocycles. The molecule has 2 aromatic heterocycles.